The van der Waals surface area contributed by atoms with E-state index in [2.05, 4.69) is 42.5 Å². The molecule has 1 aromatic heterocycles. The molecule has 0 saturated heterocycles. The van der Waals surface area contributed by atoms with Crippen LogP contribution in [0.5, 0.6) is 0 Å². The second-order valence-electron chi connectivity index (χ2n) is 4.95. The largest absolute Gasteiger partial charge is 0.481 e. The quantitative estimate of drug-likeness (QED) is 0.708. The Bertz CT molecular complexity index is 433. The number of nitrogens with zero attached hydrogens (tertiary/aromatic N) is 3. The van der Waals surface area contributed by atoms with Gasteiger partial charge in [-0.3, -0.25) is 9.36 Å². The van der Waals surface area contributed by atoms with Gasteiger partial charge in [-0.1, -0.05) is 39.5 Å². The van der Waals surface area contributed by atoms with Gasteiger partial charge in [0, 0.05) is 12.0 Å². The van der Waals surface area contributed by atoms with E-state index in [1.807, 2.05) is 0 Å². The molecule has 0 bridgehead atoms. The van der Waals surface area contributed by atoms with Crippen molar-refractivity contribution in [2.45, 2.75) is 70.5 Å². The van der Waals surface area contributed by atoms with Crippen molar-refractivity contribution in [2.75, 3.05) is 5.75 Å². The molecule has 0 aliphatic carbocycles. The van der Waals surface area contributed by atoms with Crippen LogP contribution >= 0.6 is 11.8 Å². The lowest BCUT2D eigenvalue weighted by Gasteiger charge is -2.34. The van der Waals surface area contributed by atoms with Crippen molar-refractivity contribution < 1.29 is 9.90 Å². The Balaban J connectivity index is 3.22. The Labute approximate surface area is 125 Å². The minimum atomic E-state index is -0.823. The molecule has 114 valence electrons. The molecule has 5 nitrogen and oxygen atoms in total. The average Bonchev–Trinajstić information content (AvgIpc) is 2.84. The molecule has 0 spiro atoms. The number of carboxylic acid groups (broad SMARTS) is 1. The second-order valence-corrected chi connectivity index (χ2v) is 5.89. The van der Waals surface area contributed by atoms with Crippen molar-refractivity contribution in [2.24, 2.45) is 0 Å². The fourth-order valence-corrected chi connectivity index (χ4v) is 3.39. The summed E-state index contributed by atoms with van der Waals surface area (Å²) in [7, 11) is 0. The molecule has 0 aromatic carbocycles. The molecule has 0 atom stereocenters. The van der Waals surface area contributed by atoms with Gasteiger partial charge in [0.1, 0.15) is 5.82 Å². The van der Waals surface area contributed by atoms with Gasteiger partial charge in [0.05, 0.1) is 5.75 Å². The molecule has 1 aromatic rings. The number of rotatable bonds is 9. The molecule has 0 saturated carbocycles. The third-order valence-electron chi connectivity index (χ3n) is 3.95. The molecular weight excluding hydrogens is 274 g/mol. The Morgan fingerprint density at radius 1 is 1.20 bits per heavy atom. The highest BCUT2D eigenvalue weighted by atomic mass is 32.2. The third kappa shape index (κ3) is 3.53. The first-order valence-corrected chi connectivity index (χ1v) is 8.32. The van der Waals surface area contributed by atoms with Crippen molar-refractivity contribution in [3.63, 3.8) is 0 Å². The van der Waals surface area contributed by atoms with Crippen molar-refractivity contribution in [3.8, 4) is 0 Å². The van der Waals surface area contributed by atoms with Crippen molar-refractivity contribution >= 4 is 17.7 Å². The van der Waals surface area contributed by atoms with Crippen LogP contribution in [0.15, 0.2) is 5.16 Å². The maximum atomic E-state index is 10.8. The number of aliphatic carboxylic acids is 1. The minimum Gasteiger partial charge on any atom is -0.481 e. The van der Waals surface area contributed by atoms with Gasteiger partial charge in [0.2, 0.25) is 0 Å². The van der Waals surface area contributed by atoms with E-state index in [1.165, 1.54) is 11.8 Å². The van der Waals surface area contributed by atoms with Crippen molar-refractivity contribution in [1.29, 1.82) is 0 Å². The number of carbonyl (C=O) groups is 1. The number of thioether (sulfide) groups is 1. The first-order chi connectivity index (χ1) is 9.54. The topological polar surface area (TPSA) is 68.0 Å². The van der Waals surface area contributed by atoms with E-state index in [-0.39, 0.29) is 11.3 Å². The molecule has 1 N–H and O–H groups in total. The Morgan fingerprint density at radius 3 is 2.25 bits per heavy atom. The number of hydrogen-bond acceptors (Lipinski definition) is 4. The van der Waals surface area contributed by atoms with E-state index in [0.717, 1.165) is 43.1 Å². The molecule has 0 radical (unpaired) electrons. The lowest BCUT2D eigenvalue weighted by Crippen LogP contribution is -2.34. The van der Waals surface area contributed by atoms with Gasteiger partial charge in [-0.2, -0.15) is 0 Å². The average molecular weight is 299 g/mol. The summed E-state index contributed by atoms with van der Waals surface area (Å²) in [6, 6.07) is 0. The summed E-state index contributed by atoms with van der Waals surface area (Å²) < 4.78 is 2.20. The standard InChI is InChI=1S/C14H25N3O2S/c1-5-9-11-15-16-13(20-10-12(18)19)17(11)14(6-2,7-3)8-4/h5-10H2,1-4H3,(H,18,19). The lowest BCUT2D eigenvalue weighted by molar-refractivity contribution is -0.133. The Kier molecular flexibility index (Phi) is 6.52. The first kappa shape index (κ1) is 17.0. The zero-order valence-electron chi connectivity index (χ0n) is 12.8. The Hall–Kier alpha value is -1.04. The summed E-state index contributed by atoms with van der Waals surface area (Å²) in [5.41, 5.74) is -0.00512. The highest BCUT2D eigenvalue weighted by molar-refractivity contribution is 7.99. The van der Waals surface area contributed by atoms with Crippen molar-refractivity contribution in [3.05, 3.63) is 5.82 Å². The van der Waals surface area contributed by atoms with E-state index in [4.69, 9.17) is 5.11 Å². The zero-order chi connectivity index (χ0) is 15.2. The summed E-state index contributed by atoms with van der Waals surface area (Å²) in [5, 5.41) is 18.1. The van der Waals surface area contributed by atoms with E-state index in [1.54, 1.807) is 0 Å². The van der Waals surface area contributed by atoms with Gasteiger partial charge >= 0.3 is 5.97 Å². The van der Waals surface area contributed by atoms with Crippen LogP contribution in [0.25, 0.3) is 0 Å². The number of hydrogen-bond donors (Lipinski definition) is 1. The first-order valence-electron chi connectivity index (χ1n) is 7.33. The molecule has 20 heavy (non-hydrogen) atoms. The second kappa shape index (κ2) is 7.67. The predicted molar refractivity (Wildman–Crippen MR) is 81.2 cm³/mol. The summed E-state index contributed by atoms with van der Waals surface area (Å²) >= 11 is 1.26. The lowest BCUT2D eigenvalue weighted by atomic mass is 9.89. The van der Waals surface area contributed by atoms with E-state index >= 15 is 0 Å². The monoisotopic (exact) mass is 299 g/mol. The van der Waals surface area contributed by atoms with Crippen LogP contribution in [-0.4, -0.2) is 31.6 Å². The zero-order valence-corrected chi connectivity index (χ0v) is 13.7. The minimum absolute atomic E-state index is 0.00512. The summed E-state index contributed by atoms with van der Waals surface area (Å²) in [6.07, 6.45) is 4.87. The molecule has 0 amide bonds. The van der Waals surface area contributed by atoms with E-state index in [0.29, 0.717) is 0 Å². The number of carboxylic acids is 1. The van der Waals surface area contributed by atoms with E-state index in [9.17, 15) is 4.79 Å². The molecule has 6 heteroatoms. The van der Waals surface area contributed by atoms with Gasteiger partial charge in [-0.05, 0) is 25.7 Å². The van der Waals surface area contributed by atoms with Crippen LogP contribution in [0.1, 0.15) is 59.2 Å². The van der Waals surface area contributed by atoms with Crippen LogP contribution in [0.4, 0.5) is 0 Å². The summed E-state index contributed by atoms with van der Waals surface area (Å²) in [4.78, 5) is 10.8. The van der Waals surface area contributed by atoms with Crippen LogP contribution in [0, 0.1) is 0 Å². The van der Waals surface area contributed by atoms with Crippen LogP contribution < -0.4 is 0 Å². The van der Waals surface area contributed by atoms with Gasteiger partial charge in [0.15, 0.2) is 5.16 Å². The molecule has 0 aliphatic rings. The molecule has 0 fully saturated rings. The Morgan fingerprint density at radius 2 is 1.80 bits per heavy atom. The van der Waals surface area contributed by atoms with Gasteiger partial charge in [0.25, 0.3) is 0 Å². The van der Waals surface area contributed by atoms with Gasteiger partial charge < -0.3 is 5.11 Å². The number of aryl methyl sites for hydroxylation is 1. The molecule has 1 rings (SSSR count). The van der Waals surface area contributed by atoms with E-state index < -0.39 is 5.97 Å². The number of aromatic nitrogens is 3. The third-order valence-corrected chi connectivity index (χ3v) is 4.86. The predicted octanol–water partition coefficient (Wildman–Crippen LogP) is 3.33. The molecule has 1 heterocycles. The van der Waals surface area contributed by atoms with Gasteiger partial charge in [-0.15, -0.1) is 10.2 Å². The van der Waals surface area contributed by atoms with Crippen molar-refractivity contribution in [1.82, 2.24) is 14.8 Å². The highest BCUT2D eigenvalue weighted by Crippen LogP contribution is 2.34. The van der Waals surface area contributed by atoms with Crippen LogP contribution in [0.2, 0.25) is 0 Å². The summed E-state index contributed by atoms with van der Waals surface area (Å²) in [6.45, 7) is 8.64. The molecular formula is C14H25N3O2S. The maximum Gasteiger partial charge on any atom is 0.313 e. The SMILES string of the molecule is CCCc1nnc(SCC(=O)O)n1C(CC)(CC)CC. The fraction of sp³-hybridized carbons (Fsp3) is 0.786. The van der Waals surface area contributed by atoms with Crippen LogP contribution in [0.3, 0.4) is 0 Å². The smallest absolute Gasteiger partial charge is 0.313 e. The fourth-order valence-electron chi connectivity index (χ4n) is 2.61. The normalized spacial score (nSPS) is 11.8. The van der Waals surface area contributed by atoms with Gasteiger partial charge in [-0.25, -0.2) is 0 Å². The molecule has 0 unspecified atom stereocenters. The maximum absolute atomic E-state index is 10.8. The summed E-state index contributed by atoms with van der Waals surface area (Å²) in [5.74, 6) is 0.180. The highest BCUT2D eigenvalue weighted by Gasteiger charge is 2.31. The van der Waals surface area contributed by atoms with Crippen LogP contribution in [-0.2, 0) is 16.8 Å². The molecule has 0 aliphatic heterocycles.